The fourth-order valence-corrected chi connectivity index (χ4v) is 4.41. The first kappa shape index (κ1) is 27.5. The maximum atomic E-state index is 13.3. The highest BCUT2D eigenvalue weighted by molar-refractivity contribution is 7.18. The Morgan fingerprint density at radius 3 is 2.39 bits per heavy atom. The molecule has 0 saturated carbocycles. The molecule has 0 aliphatic carbocycles. The summed E-state index contributed by atoms with van der Waals surface area (Å²) in [4.78, 5) is 27.2. The van der Waals surface area contributed by atoms with Crippen molar-refractivity contribution in [2.45, 2.75) is 19.5 Å². The van der Waals surface area contributed by atoms with Gasteiger partial charge in [0.05, 0.1) is 46.6 Å². The molecule has 0 aliphatic rings. The van der Waals surface area contributed by atoms with E-state index in [0.717, 1.165) is 45.5 Å². The lowest BCUT2D eigenvalue weighted by Gasteiger charge is -2.14. The van der Waals surface area contributed by atoms with Crippen molar-refractivity contribution in [2.75, 3.05) is 22.5 Å². The molecule has 0 atom stereocenters. The molecule has 3 aromatic heterocycles. The van der Waals surface area contributed by atoms with E-state index in [-0.39, 0.29) is 23.1 Å². The molecule has 15 heteroatoms. The number of hydrogen-bond acceptors (Lipinski definition) is 9. The molecule has 2 aromatic carbocycles. The number of carbonyl (C=O) groups excluding carboxylic acids is 1. The highest BCUT2D eigenvalue weighted by Crippen LogP contribution is 2.33. The Hall–Kier alpha value is -5.05. The quantitative estimate of drug-likeness (QED) is 0.181. The topological polar surface area (TPSA) is 132 Å². The zero-order chi connectivity index (χ0) is 28.8. The average Bonchev–Trinajstić information content (AvgIpc) is 3.66. The minimum absolute atomic E-state index is 0.0393. The summed E-state index contributed by atoms with van der Waals surface area (Å²) in [7, 11) is 0. The molecule has 0 aliphatic heterocycles. The molecule has 5 aromatic rings. The summed E-state index contributed by atoms with van der Waals surface area (Å²) in [5.74, 6) is 0.505. The van der Waals surface area contributed by atoms with E-state index in [9.17, 15) is 18.0 Å². The summed E-state index contributed by atoms with van der Waals surface area (Å²) in [6.07, 6.45) is 3.55. The van der Waals surface area contributed by atoms with Crippen LogP contribution in [-0.4, -0.2) is 42.5 Å². The van der Waals surface area contributed by atoms with Crippen LogP contribution in [0.5, 0.6) is 11.8 Å². The predicted octanol–water partition coefficient (Wildman–Crippen LogP) is 6.46. The lowest BCUT2D eigenvalue weighted by atomic mass is 10.1. The number of nitrogens with one attached hydrogen (secondary N) is 3. The smallest absolute Gasteiger partial charge is 0.416 e. The van der Waals surface area contributed by atoms with Crippen molar-refractivity contribution in [1.82, 2.24) is 29.9 Å². The van der Waals surface area contributed by atoms with Gasteiger partial charge >= 0.3 is 18.2 Å². The number of thiazole rings is 1. The molecular formula is C26H22F3N9O2S. The molecule has 41 heavy (non-hydrogen) atoms. The second-order valence-electron chi connectivity index (χ2n) is 8.46. The Kier molecular flexibility index (Phi) is 8.05. The van der Waals surface area contributed by atoms with Crippen LogP contribution in [0.25, 0.3) is 16.1 Å². The number of rotatable bonds is 9. The van der Waals surface area contributed by atoms with Gasteiger partial charge in [-0.05, 0) is 54.4 Å². The van der Waals surface area contributed by atoms with Crippen LogP contribution in [0, 0.1) is 0 Å². The van der Waals surface area contributed by atoms with Gasteiger partial charge in [0.2, 0.25) is 0 Å². The van der Waals surface area contributed by atoms with E-state index in [0.29, 0.717) is 5.75 Å². The number of aromatic nitrogens is 6. The first-order valence-corrected chi connectivity index (χ1v) is 13.1. The maximum absolute atomic E-state index is 13.3. The van der Waals surface area contributed by atoms with E-state index in [1.165, 1.54) is 30.9 Å². The van der Waals surface area contributed by atoms with E-state index in [2.05, 4.69) is 48.0 Å². The number of halogens is 3. The number of nitrogens with zero attached hydrogens (tertiary/aromatic N) is 6. The van der Waals surface area contributed by atoms with Crippen molar-refractivity contribution in [3.05, 3.63) is 79.0 Å². The van der Waals surface area contributed by atoms with Crippen LogP contribution in [0.1, 0.15) is 18.9 Å². The monoisotopic (exact) mass is 581 g/mol. The van der Waals surface area contributed by atoms with Gasteiger partial charge in [-0.25, -0.2) is 19.7 Å². The third kappa shape index (κ3) is 6.94. The standard InChI is InChI=1S/C26H22F3N9O2S/c1-2-9-30-25-33-15-22(41-25)16-3-6-19(7-4-16)40-24-31-13-18(14-32-24)36-23(39)37-20-12-17(26(27,28)29)5-8-21(20)38-34-10-11-35-38/h3-8,10-15H,2,9H2,1H3,(H,30,33)(H2,36,37,39). The second-order valence-corrected chi connectivity index (χ2v) is 9.50. The summed E-state index contributed by atoms with van der Waals surface area (Å²) in [6.45, 7) is 2.95. The molecular weight excluding hydrogens is 559 g/mol. The van der Waals surface area contributed by atoms with Gasteiger partial charge < -0.3 is 20.7 Å². The van der Waals surface area contributed by atoms with Gasteiger partial charge in [-0.3, -0.25) is 0 Å². The van der Waals surface area contributed by atoms with E-state index in [4.69, 9.17) is 4.74 Å². The van der Waals surface area contributed by atoms with E-state index < -0.39 is 17.8 Å². The summed E-state index contributed by atoms with van der Waals surface area (Å²) < 4.78 is 45.5. The van der Waals surface area contributed by atoms with Gasteiger partial charge in [-0.15, -0.1) is 4.80 Å². The van der Waals surface area contributed by atoms with Gasteiger partial charge in [-0.2, -0.15) is 23.4 Å². The van der Waals surface area contributed by atoms with Crippen LogP contribution >= 0.6 is 11.3 Å². The molecule has 0 radical (unpaired) electrons. The normalized spacial score (nSPS) is 11.2. The fraction of sp³-hybridized carbons (Fsp3) is 0.154. The number of carbonyl (C=O) groups is 1. The van der Waals surface area contributed by atoms with Gasteiger partial charge in [0.15, 0.2) is 5.13 Å². The molecule has 3 heterocycles. The SMILES string of the molecule is CCCNc1ncc(-c2ccc(Oc3ncc(NC(=O)Nc4cc(C(F)(F)F)ccc4-n4nccn4)cn3)cc2)s1. The fourth-order valence-electron chi connectivity index (χ4n) is 3.56. The molecule has 210 valence electrons. The Labute approximate surface area is 235 Å². The number of alkyl halides is 3. The zero-order valence-corrected chi connectivity index (χ0v) is 22.2. The average molecular weight is 582 g/mol. The van der Waals surface area contributed by atoms with Crippen molar-refractivity contribution in [1.29, 1.82) is 0 Å². The Balaban J connectivity index is 1.21. The predicted molar refractivity (Wildman–Crippen MR) is 147 cm³/mol. The number of ether oxygens (including phenoxy) is 1. The lowest BCUT2D eigenvalue weighted by Crippen LogP contribution is -2.21. The van der Waals surface area contributed by atoms with Crippen LogP contribution in [0.4, 0.5) is 34.5 Å². The molecule has 0 saturated heterocycles. The minimum Gasteiger partial charge on any atom is -0.424 e. The Morgan fingerprint density at radius 1 is 0.976 bits per heavy atom. The summed E-state index contributed by atoms with van der Waals surface area (Å²) in [5.41, 5.74) is 0.229. The Morgan fingerprint density at radius 2 is 1.71 bits per heavy atom. The van der Waals surface area contributed by atoms with Crippen LogP contribution in [0.15, 0.2) is 73.4 Å². The molecule has 0 fully saturated rings. The van der Waals surface area contributed by atoms with Gasteiger partial charge in [0.25, 0.3) is 0 Å². The van der Waals surface area contributed by atoms with Crippen molar-refractivity contribution in [3.63, 3.8) is 0 Å². The van der Waals surface area contributed by atoms with Crippen LogP contribution in [-0.2, 0) is 6.18 Å². The zero-order valence-electron chi connectivity index (χ0n) is 21.4. The number of amides is 2. The molecule has 0 spiro atoms. The molecule has 0 bridgehead atoms. The lowest BCUT2D eigenvalue weighted by molar-refractivity contribution is -0.137. The largest absolute Gasteiger partial charge is 0.424 e. The van der Waals surface area contributed by atoms with Gasteiger partial charge in [-0.1, -0.05) is 18.3 Å². The molecule has 2 amide bonds. The molecule has 0 unspecified atom stereocenters. The highest BCUT2D eigenvalue weighted by Gasteiger charge is 2.31. The summed E-state index contributed by atoms with van der Waals surface area (Å²) in [5, 5.41) is 16.8. The van der Waals surface area contributed by atoms with Crippen molar-refractivity contribution >= 4 is 33.9 Å². The summed E-state index contributed by atoms with van der Waals surface area (Å²) in [6, 6.07) is 9.41. The first-order chi connectivity index (χ1) is 19.8. The second kappa shape index (κ2) is 12.0. The maximum Gasteiger partial charge on any atom is 0.416 e. The van der Waals surface area contributed by atoms with Crippen LogP contribution in [0.3, 0.4) is 0 Å². The van der Waals surface area contributed by atoms with E-state index in [1.807, 2.05) is 18.3 Å². The molecule has 3 N–H and O–H groups in total. The van der Waals surface area contributed by atoms with Crippen LogP contribution < -0.4 is 20.7 Å². The number of anilines is 3. The summed E-state index contributed by atoms with van der Waals surface area (Å²) >= 11 is 1.56. The first-order valence-electron chi connectivity index (χ1n) is 12.2. The molecule has 11 nitrogen and oxygen atoms in total. The Bertz CT molecular complexity index is 1610. The van der Waals surface area contributed by atoms with Gasteiger partial charge in [0.1, 0.15) is 11.4 Å². The van der Waals surface area contributed by atoms with Crippen molar-refractivity contribution in [3.8, 4) is 27.9 Å². The van der Waals surface area contributed by atoms with E-state index in [1.54, 1.807) is 23.5 Å². The van der Waals surface area contributed by atoms with Crippen LogP contribution in [0.2, 0.25) is 0 Å². The van der Waals surface area contributed by atoms with E-state index >= 15 is 0 Å². The third-order valence-corrected chi connectivity index (χ3v) is 6.48. The third-order valence-electron chi connectivity index (χ3n) is 5.47. The molecule has 5 rings (SSSR count). The highest BCUT2D eigenvalue weighted by atomic mass is 32.1. The van der Waals surface area contributed by atoms with Crippen molar-refractivity contribution < 1.29 is 22.7 Å². The number of hydrogen-bond donors (Lipinski definition) is 3. The van der Waals surface area contributed by atoms with Crippen molar-refractivity contribution in [2.24, 2.45) is 0 Å². The number of urea groups is 1. The minimum atomic E-state index is -4.61. The van der Waals surface area contributed by atoms with Gasteiger partial charge in [0, 0.05) is 12.7 Å². The number of benzene rings is 2.